The highest BCUT2D eigenvalue weighted by Crippen LogP contribution is 2.33. The highest BCUT2D eigenvalue weighted by Gasteiger charge is 2.20. The highest BCUT2D eigenvalue weighted by molar-refractivity contribution is 9.10. The van der Waals surface area contributed by atoms with E-state index in [1.165, 1.54) is 0 Å². The topological polar surface area (TPSA) is 59.6 Å². The molecule has 0 saturated carbocycles. The molecular weight excluding hydrogens is 336 g/mol. The molecule has 1 aliphatic heterocycles. The van der Waals surface area contributed by atoms with Gasteiger partial charge in [0.25, 0.3) is 0 Å². The summed E-state index contributed by atoms with van der Waals surface area (Å²) in [5.74, 6) is 1.45. The molecule has 0 bridgehead atoms. The molecule has 1 atom stereocenters. The van der Waals surface area contributed by atoms with E-state index < -0.39 is 0 Å². The third-order valence-electron chi connectivity index (χ3n) is 3.63. The van der Waals surface area contributed by atoms with Crippen LogP contribution in [0.5, 0.6) is 11.5 Å². The first-order chi connectivity index (χ1) is 10.2. The lowest BCUT2D eigenvalue weighted by atomic mass is 10.1. The summed E-state index contributed by atoms with van der Waals surface area (Å²) < 4.78 is 11.5. The van der Waals surface area contributed by atoms with E-state index in [0.29, 0.717) is 18.0 Å². The molecule has 6 heteroatoms. The molecule has 1 aromatic carbocycles. The molecule has 1 aliphatic rings. The number of hydrogen-bond donors (Lipinski definition) is 2. The number of benzene rings is 1. The average Bonchev–Trinajstić information content (AvgIpc) is 2.70. The fourth-order valence-electron chi connectivity index (χ4n) is 2.40. The van der Waals surface area contributed by atoms with Crippen LogP contribution in [0.2, 0.25) is 0 Å². The van der Waals surface area contributed by atoms with Crippen molar-refractivity contribution in [1.29, 1.82) is 0 Å². The van der Waals surface area contributed by atoms with E-state index in [9.17, 15) is 4.79 Å². The Hall–Kier alpha value is -1.27. The lowest BCUT2D eigenvalue weighted by Crippen LogP contribution is -2.42. The first-order valence-corrected chi connectivity index (χ1v) is 7.86. The van der Waals surface area contributed by atoms with Crippen LogP contribution in [-0.2, 0) is 11.3 Å². The van der Waals surface area contributed by atoms with Gasteiger partial charge in [0.15, 0.2) is 11.5 Å². The molecule has 0 radical (unpaired) electrons. The van der Waals surface area contributed by atoms with Crippen molar-refractivity contribution in [2.75, 3.05) is 20.8 Å². The van der Waals surface area contributed by atoms with Crippen molar-refractivity contribution in [1.82, 2.24) is 10.6 Å². The zero-order chi connectivity index (χ0) is 15.2. The lowest BCUT2D eigenvalue weighted by molar-refractivity contribution is -0.122. The Morgan fingerprint density at radius 1 is 1.29 bits per heavy atom. The molecule has 1 heterocycles. The fourth-order valence-corrected chi connectivity index (χ4v) is 2.86. The summed E-state index contributed by atoms with van der Waals surface area (Å²) in [6.07, 6.45) is 2.98. The zero-order valence-corrected chi connectivity index (χ0v) is 14.0. The smallest absolute Gasteiger partial charge is 0.237 e. The van der Waals surface area contributed by atoms with Crippen molar-refractivity contribution in [2.24, 2.45) is 0 Å². The normalized spacial score (nSPS) is 18.8. The maximum Gasteiger partial charge on any atom is 0.237 e. The molecule has 1 fully saturated rings. The van der Waals surface area contributed by atoms with Crippen molar-refractivity contribution in [3.8, 4) is 11.5 Å². The van der Waals surface area contributed by atoms with Crippen molar-refractivity contribution < 1.29 is 14.3 Å². The van der Waals surface area contributed by atoms with Crippen LogP contribution >= 0.6 is 15.9 Å². The number of carbonyl (C=O) groups is 1. The Balaban J connectivity index is 2.06. The monoisotopic (exact) mass is 356 g/mol. The lowest BCUT2D eigenvalue weighted by Gasteiger charge is -2.17. The van der Waals surface area contributed by atoms with Gasteiger partial charge in [0.05, 0.1) is 20.3 Å². The maximum atomic E-state index is 11.9. The highest BCUT2D eigenvalue weighted by atomic mass is 79.9. The number of methoxy groups -OCH3 is 2. The standard InChI is InChI=1S/C15H21BrN2O3/c1-20-13-7-10(11(16)8-14(13)21-2)9-18-12-5-3-4-6-17-15(12)19/h7-8,12,18H,3-6,9H2,1-2H3,(H,17,19)/t12-/m0/s1. The molecular formula is C15H21BrN2O3. The van der Waals surface area contributed by atoms with Crippen LogP contribution in [0.4, 0.5) is 0 Å². The van der Waals surface area contributed by atoms with Crippen LogP contribution < -0.4 is 20.1 Å². The summed E-state index contributed by atoms with van der Waals surface area (Å²) in [5.41, 5.74) is 1.03. The molecule has 1 saturated heterocycles. The second kappa shape index (κ2) is 7.66. The molecule has 1 amide bonds. The summed E-state index contributed by atoms with van der Waals surface area (Å²) in [6.45, 7) is 1.37. The van der Waals surface area contributed by atoms with Crippen molar-refractivity contribution in [2.45, 2.75) is 31.8 Å². The Bertz CT molecular complexity index is 508. The molecule has 2 N–H and O–H groups in total. The van der Waals surface area contributed by atoms with Crippen molar-refractivity contribution in [3.63, 3.8) is 0 Å². The van der Waals surface area contributed by atoms with Gasteiger partial charge in [-0.3, -0.25) is 4.79 Å². The van der Waals surface area contributed by atoms with Gasteiger partial charge in [-0.15, -0.1) is 0 Å². The molecule has 0 spiro atoms. The first-order valence-electron chi connectivity index (χ1n) is 7.07. The van der Waals surface area contributed by atoms with Crippen LogP contribution in [0.15, 0.2) is 16.6 Å². The van der Waals surface area contributed by atoms with Gasteiger partial charge in [0.1, 0.15) is 0 Å². The Labute approximate surface area is 133 Å². The molecule has 0 unspecified atom stereocenters. The summed E-state index contributed by atoms with van der Waals surface area (Å²) in [4.78, 5) is 11.9. The van der Waals surface area contributed by atoms with Gasteiger partial charge >= 0.3 is 0 Å². The number of ether oxygens (including phenoxy) is 2. The van der Waals surface area contributed by atoms with Gasteiger partial charge in [-0.1, -0.05) is 15.9 Å². The zero-order valence-electron chi connectivity index (χ0n) is 12.4. The van der Waals surface area contributed by atoms with Crippen LogP contribution in [-0.4, -0.2) is 32.7 Å². The number of amides is 1. The van der Waals surface area contributed by atoms with E-state index in [4.69, 9.17) is 9.47 Å². The minimum Gasteiger partial charge on any atom is -0.493 e. The van der Waals surface area contributed by atoms with Crippen LogP contribution in [0.25, 0.3) is 0 Å². The molecule has 0 aromatic heterocycles. The van der Waals surface area contributed by atoms with E-state index in [1.54, 1.807) is 14.2 Å². The third kappa shape index (κ3) is 4.11. The summed E-state index contributed by atoms with van der Waals surface area (Å²) in [7, 11) is 3.22. The fraction of sp³-hybridized carbons (Fsp3) is 0.533. The van der Waals surface area contributed by atoms with Crippen molar-refractivity contribution >= 4 is 21.8 Å². The third-order valence-corrected chi connectivity index (χ3v) is 4.36. The number of nitrogens with one attached hydrogen (secondary N) is 2. The van der Waals surface area contributed by atoms with E-state index in [-0.39, 0.29) is 11.9 Å². The second-order valence-electron chi connectivity index (χ2n) is 5.02. The molecule has 5 nitrogen and oxygen atoms in total. The predicted octanol–water partition coefficient (Wildman–Crippen LogP) is 2.22. The van der Waals surface area contributed by atoms with Gasteiger partial charge in [-0.25, -0.2) is 0 Å². The SMILES string of the molecule is COc1cc(Br)c(CN[C@H]2CCCCNC2=O)cc1OC. The number of carbonyl (C=O) groups excluding carboxylic acids is 1. The second-order valence-corrected chi connectivity index (χ2v) is 5.87. The van der Waals surface area contributed by atoms with Gasteiger partial charge < -0.3 is 20.1 Å². The summed E-state index contributed by atoms with van der Waals surface area (Å²) >= 11 is 3.53. The van der Waals surface area contributed by atoms with Gasteiger partial charge in [0, 0.05) is 17.6 Å². The Morgan fingerprint density at radius 3 is 2.71 bits per heavy atom. The maximum absolute atomic E-state index is 11.9. The van der Waals surface area contributed by atoms with Crippen LogP contribution in [0.1, 0.15) is 24.8 Å². The van der Waals surface area contributed by atoms with E-state index in [1.807, 2.05) is 12.1 Å². The summed E-state index contributed by atoms with van der Waals surface area (Å²) in [6, 6.07) is 3.67. The molecule has 116 valence electrons. The first kappa shape index (κ1) is 16.1. The molecule has 1 aromatic rings. The van der Waals surface area contributed by atoms with Crippen molar-refractivity contribution in [3.05, 3.63) is 22.2 Å². The van der Waals surface area contributed by atoms with Gasteiger partial charge in [-0.2, -0.15) is 0 Å². The largest absolute Gasteiger partial charge is 0.493 e. The number of hydrogen-bond acceptors (Lipinski definition) is 4. The Kier molecular flexibility index (Phi) is 5.87. The van der Waals surface area contributed by atoms with E-state index >= 15 is 0 Å². The molecule has 21 heavy (non-hydrogen) atoms. The average molecular weight is 357 g/mol. The Morgan fingerprint density at radius 2 is 2.00 bits per heavy atom. The molecule has 0 aliphatic carbocycles. The minimum absolute atomic E-state index is 0.0871. The summed E-state index contributed by atoms with van der Waals surface area (Å²) in [5, 5.41) is 6.25. The molecule has 2 rings (SSSR count). The van der Waals surface area contributed by atoms with Gasteiger partial charge in [-0.05, 0) is 37.0 Å². The van der Waals surface area contributed by atoms with E-state index in [2.05, 4.69) is 26.6 Å². The minimum atomic E-state index is -0.132. The van der Waals surface area contributed by atoms with Gasteiger partial charge in [0.2, 0.25) is 5.91 Å². The van der Waals surface area contributed by atoms with Crippen LogP contribution in [0, 0.1) is 0 Å². The predicted molar refractivity (Wildman–Crippen MR) is 84.7 cm³/mol. The van der Waals surface area contributed by atoms with E-state index in [0.717, 1.165) is 35.8 Å². The quantitative estimate of drug-likeness (QED) is 0.849. The number of rotatable bonds is 5. The van der Waals surface area contributed by atoms with Crippen LogP contribution in [0.3, 0.4) is 0 Å². The number of halogens is 1.